The first-order valence-electron chi connectivity index (χ1n) is 5.31. The van der Waals surface area contributed by atoms with Crippen LogP contribution in [0.1, 0.15) is 23.2 Å². The number of carbonyl (C=O) groups excluding carboxylic acids is 1. The van der Waals surface area contributed by atoms with Crippen LogP contribution in [0, 0.1) is 0 Å². The molecule has 0 bridgehead atoms. The third-order valence-corrected chi connectivity index (χ3v) is 2.77. The van der Waals surface area contributed by atoms with Crippen molar-refractivity contribution in [2.45, 2.75) is 12.8 Å². The first-order valence-corrected chi connectivity index (χ1v) is 5.31. The van der Waals surface area contributed by atoms with E-state index in [1.807, 2.05) is 6.07 Å². The number of anilines is 1. The molecule has 0 radical (unpaired) electrons. The fourth-order valence-electron chi connectivity index (χ4n) is 1.94. The second kappa shape index (κ2) is 4.35. The number of aliphatic carboxylic acids is 1. The summed E-state index contributed by atoms with van der Waals surface area (Å²) in [4.78, 5) is 24.0. The van der Waals surface area contributed by atoms with Crippen molar-refractivity contribution >= 4 is 17.4 Å². The Hall–Kier alpha value is -1.84. The molecule has 1 N–H and O–H groups in total. The van der Waals surface area contributed by atoms with Crippen molar-refractivity contribution in [3.8, 4) is 0 Å². The van der Waals surface area contributed by atoms with Gasteiger partial charge in [0.2, 0.25) is 0 Å². The van der Waals surface area contributed by atoms with Gasteiger partial charge in [0.15, 0.2) is 0 Å². The Kier molecular flexibility index (Phi) is 2.90. The lowest BCUT2D eigenvalue weighted by molar-refractivity contribution is -0.131. The average molecular weight is 219 g/mol. The van der Waals surface area contributed by atoms with Gasteiger partial charge in [0.25, 0.3) is 5.78 Å². The summed E-state index contributed by atoms with van der Waals surface area (Å²) in [6.07, 6.45) is 2.30. The number of hydrogen-bond acceptors (Lipinski definition) is 3. The topological polar surface area (TPSA) is 57.6 Å². The van der Waals surface area contributed by atoms with Crippen LogP contribution in [0.5, 0.6) is 0 Å². The molecule has 4 heteroatoms. The van der Waals surface area contributed by atoms with Crippen molar-refractivity contribution < 1.29 is 14.7 Å². The first kappa shape index (κ1) is 10.7. The van der Waals surface area contributed by atoms with Crippen LogP contribution in [0.25, 0.3) is 0 Å². The van der Waals surface area contributed by atoms with Gasteiger partial charge in [-0.15, -0.1) is 0 Å². The molecule has 1 fully saturated rings. The van der Waals surface area contributed by atoms with Gasteiger partial charge in [-0.3, -0.25) is 4.79 Å². The Morgan fingerprint density at radius 2 is 1.88 bits per heavy atom. The third-order valence-electron chi connectivity index (χ3n) is 2.77. The van der Waals surface area contributed by atoms with Crippen LogP contribution >= 0.6 is 0 Å². The SMILES string of the molecule is O=C(O)C(=O)c1cccc(N2CCCC2)c1. The highest BCUT2D eigenvalue weighted by Gasteiger charge is 2.17. The summed E-state index contributed by atoms with van der Waals surface area (Å²) in [5.41, 5.74) is 1.18. The van der Waals surface area contributed by atoms with Gasteiger partial charge >= 0.3 is 5.97 Å². The summed E-state index contributed by atoms with van der Waals surface area (Å²) in [5.74, 6) is -2.25. The van der Waals surface area contributed by atoms with Crippen molar-refractivity contribution in [2.75, 3.05) is 18.0 Å². The van der Waals surface area contributed by atoms with Crippen LogP contribution in [0.3, 0.4) is 0 Å². The molecule has 4 nitrogen and oxygen atoms in total. The summed E-state index contributed by atoms with van der Waals surface area (Å²) >= 11 is 0. The fourth-order valence-corrected chi connectivity index (χ4v) is 1.94. The number of hydrogen-bond donors (Lipinski definition) is 1. The number of carboxylic acid groups (broad SMARTS) is 1. The molecule has 1 heterocycles. The van der Waals surface area contributed by atoms with E-state index in [1.54, 1.807) is 12.1 Å². The molecule has 16 heavy (non-hydrogen) atoms. The van der Waals surface area contributed by atoms with E-state index in [9.17, 15) is 9.59 Å². The molecule has 0 saturated carbocycles. The standard InChI is InChI=1S/C12H13NO3/c14-11(12(15)16)9-4-3-5-10(8-9)13-6-1-2-7-13/h3-5,8H,1-2,6-7H2,(H,15,16). The highest BCUT2D eigenvalue weighted by atomic mass is 16.4. The predicted octanol–water partition coefficient (Wildman–Crippen LogP) is 1.55. The Bertz CT molecular complexity index is 422. The number of rotatable bonds is 3. The maximum atomic E-state index is 11.3. The highest BCUT2D eigenvalue weighted by molar-refractivity contribution is 6.39. The van der Waals surface area contributed by atoms with Gasteiger partial charge in [0, 0.05) is 24.3 Å². The van der Waals surface area contributed by atoms with Gasteiger partial charge in [0.1, 0.15) is 0 Å². The Morgan fingerprint density at radius 1 is 1.19 bits per heavy atom. The van der Waals surface area contributed by atoms with Gasteiger partial charge in [-0.2, -0.15) is 0 Å². The summed E-state index contributed by atoms with van der Waals surface area (Å²) in [6.45, 7) is 1.95. The minimum Gasteiger partial charge on any atom is -0.475 e. The van der Waals surface area contributed by atoms with E-state index in [-0.39, 0.29) is 5.56 Å². The van der Waals surface area contributed by atoms with E-state index in [4.69, 9.17) is 5.11 Å². The van der Waals surface area contributed by atoms with Crippen LogP contribution in [-0.2, 0) is 4.79 Å². The van der Waals surface area contributed by atoms with Crippen LogP contribution in [0.15, 0.2) is 24.3 Å². The van der Waals surface area contributed by atoms with Crippen molar-refractivity contribution in [2.24, 2.45) is 0 Å². The predicted molar refractivity (Wildman–Crippen MR) is 59.9 cm³/mol. The van der Waals surface area contributed by atoms with E-state index in [1.165, 1.54) is 6.07 Å². The number of ketones is 1. The molecular weight excluding hydrogens is 206 g/mol. The number of carboxylic acids is 1. The highest BCUT2D eigenvalue weighted by Crippen LogP contribution is 2.21. The molecule has 1 aromatic carbocycles. The Balaban J connectivity index is 2.25. The largest absolute Gasteiger partial charge is 0.475 e. The second-order valence-electron chi connectivity index (χ2n) is 3.88. The van der Waals surface area contributed by atoms with E-state index in [2.05, 4.69) is 4.90 Å². The van der Waals surface area contributed by atoms with E-state index < -0.39 is 11.8 Å². The van der Waals surface area contributed by atoms with E-state index in [0.717, 1.165) is 31.6 Å². The quantitative estimate of drug-likeness (QED) is 0.619. The molecule has 84 valence electrons. The molecule has 0 amide bonds. The molecule has 0 spiro atoms. The lowest BCUT2D eigenvalue weighted by atomic mass is 10.1. The van der Waals surface area contributed by atoms with Crippen LogP contribution < -0.4 is 4.90 Å². The number of benzene rings is 1. The number of carbonyl (C=O) groups is 2. The fraction of sp³-hybridized carbons (Fsp3) is 0.333. The van der Waals surface area contributed by atoms with Crippen molar-refractivity contribution in [3.05, 3.63) is 29.8 Å². The van der Waals surface area contributed by atoms with Crippen molar-refractivity contribution in [1.82, 2.24) is 0 Å². The molecule has 0 aliphatic carbocycles. The molecule has 1 saturated heterocycles. The molecule has 1 aliphatic rings. The van der Waals surface area contributed by atoms with E-state index in [0.29, 0.717) is 0 Å². The van der Waals surface area contributed by atoms with E-state index >= 15 is 0 Å². The maximum absolute atomic E-state index is 11.3. The maximum Gasteiger partial charge on any atom is 0.377 e. The molecule has 1 aromatic rings. The van der Waals surface area contributed by atoms with Crippen LogP contribution in [0.2, 0.25) is 0 Å². The monoisotopic (exact) mass is 219 g/mol. The van der Waals surface area contributed by atoms with Crippen molar-refractivity contribution in [1.29, 1.82) is 0 Å². The van der Waals surface area contributed by atoms with Gasteiger partial charge < -0.3 is 10.0 Å². The van der Waals surface area contributed by atoms with Gasteiger partial charge in [-0.25, -0.2) is 4.79 Å². The lowest BCUT2D eigenvalue weighted by Gasteiger charge is -2.17. The average Bonchev–Trinajstić information content (AvgIpc) is 2.81. The minimum atomic E-state index is -1.40. The smallest absolute Gasteiger partial charge is 0.377 e. The summed E-state index contributed by atoms with van der Waals surface area (Å²) in [5, 5.41) is 8.63. The van der Waals surface area contributed by atoms with Crippen LogP contribution in [0.4, 0.5) is 5.69 Å². The number of nitrogens with zero attached hydrogens (tertiary/aromatic N) is 1. The summed E-state index contributed by atoms with van der Waals surface area (Å²) in [7, 11) is 0. The minimum absolute atomic E-state index is 0.247. The molecule has 0 unspecified atom stereocenters. The second-order valence-corrected chi connectivity index (χ2v) is 3.88. The third kappa shape index (κ3) is 2.05. The summed E-state index contributed by atoms with van der Waals surface area (Å²) < 4.78 is 0. The van der Waals surface area contributed by atoms with Crippen molar-refractivity contribution in [3.63, 3.8) is 0 Å². The Labute approximate surface area is 93.5 Å². The van der Waals surface area contributed by atoms with Gasteiger partial charge in [-0.1, -0.05) is 12.1 Å². The zero-order valence-corrected chi connectivity index (χ0v) is 8.85. The first-order chi connectivity index (χ1) is 7.68. The normalized spacial score (nSPS) is 15.1. The molecule has 0 aromatic heterocycles. The zero-order chi connectivity index (χ0) is 11.5. The van der Waals surface area contributed by atoms with Gasteiger partial charge in [-0.05, 0) is 25.0 Å². The zero-order valence-electron chi connectivity index (χ0n) is 8.85. The molecule has 0 atom stereocenters. The number of Topliss-reactive ketones (excluding diaryl/α,β-unsaturated/α-hetero) is 1. The van der Waals surface area contributed by atoms with Gasteiger partial charge in [0.05, 0.1) is 0 Å². The molecule has 1 aliphatic heterocycles. The molecular formula is C12H13NO3. The van der Waals surface area contributed by atoms with Crippen LogP contribution in [-0.4, -0.2) is 29.9 Å². The molecule has 2 rings (SSSR count). The Morgan fingerprint density at radius 3 is 2.50 bits per heavy atom. The summed E-state index contributed by atoms with van der Waals surface area (Å²) in [6, 6.07) is 6.82. The lowest BCUT2D eigenvalue weighted by Crippen LogP contribution is -2.19.